The third-order valence-electron chi connectivity index (χ3n) is 1.31. The third-order valence-corrected chi connectivity index (χ3v) is 1.91. The van der Waals surface area contributed by atoms with E-state index in [0.717, 1.165) is 0 Å². The van der Waals surface area contributed by atoms with Gasteiger partial charge in [-0.15, -0.1) is 0 Å². The fourth-order valence-electron chi connectivity index (χ4n) is 0.676. The van der Waals surface area contributed by atoms with E-state index in [1.165, 1.54) is 0 Å². The lowest BCUT2D eigenvalue weighted by Gasteiger charge is -2.30. The first-order valence-corrected chi connectivity index (χ1v) is 5.61. The summed E-state index contributed by atoms with van der Waals surface area (Å²) in [6.07, 6.45) is -17.5. The Bertz CT molecular complexity index is 314. The quantitative estimate of drug-likeness (QED) is 0.643. The Morgan fingerprint density at radius 1 is 1.06 bits per heavy atom. The summed E-state index contributed by atoms with van der Waals surface area (Å²) in [4.78, 5) is 8.31. The van der Waals surface area contributed by atoms with Crippen LogP contribution in [0, 0.1) is 0 Å². The molecule has 2 atom stereocenters. The van der Waals surface area contributed by atoms with Crippen molar-refractivity contribution in [3.8, 4) is 0 Å². The van der Waals surface area contributed by atoms with Gasteiger partial charge in [0.05, 0.1) is 0 Å². The fraction of sp³-hybridized carbons (Fsp3) is 1.00. The Morgan fingerprint density at radius 2 is 1.41 bits per heavy atom. The highest BCUT2D eigenvalue weighted by Gasteiger charge is 2.71. The molecule has 0 spiro atoms. The molecule has 0 fully saturated rings. The van der Waals surface area contributed by atoms with Crippen LogP contribution in [0.2, 0.25) is 0 Å². The van der Waals surface area contributed by atoms with Gasteiger partial charge in [-0.05, 0) is 0 Å². The second-order valence-electron chi connectivity index (χ2n) is 2.95. The molecule has 0 aliphatic rings. The third kappa shape index (κ3) is 4.40. The van der Waals surface area contributed by atoms with Crippen molar-refractivity contribution < 1.29 is 49.1 Å². The molecule has 104 valence electrons. The molecule has 2 unspecified atom stereocenters. The predicted molar refractivity (Wildman–Crippen MR) is 37.7 cm³/mol. The first-order chi connectivity index (χ1) is 7.09. The number of hydrogen-bond acceptors (Lipinski definition) is 2. The molecule has 0 heterocycles. The van der Waals surface area contributed by atoms with E-state index in [-0.39, 0.29) is 6.66 Å². The Labute approximate surface area is 88.9 Å². The second kappa shape index (κ2) is 4.36. The van der Waals surface area contributed by atoms with Crippen molar-refractivity contribution in [2.24, 2.45) is 0 Å². The van der Waals surface area contributed by atoms with Crippen molar-refractivity contribution in [1.82, 2.24) is 0 Å². The van der Waals surface area contributed by atoms with Gasteiger partial charge in [-0.2, -0.15) is 35.1 Å². The highest BCUT2D eigenvalue weighted by atomic mass is 31.2. The molecular formula is C5H5F8O3P. The van der Waals surface area contributed by atoms with Gasteiger partial charge < -0.3 is 4.89 Å². The lowest BCUT2D eigenvalue weighted by Crippen LogP contribution is -2.54. The highest BCUT2D eigenvalue weighted by molar-refractivity contribution is 7.51. The minimum atomic E-state index is -6.57. The summed E-state index contributed by atoms with van der Waals surface area (Å²) in [5, 5.41) is 0. The lowest BCUT2D eigenvalue weighted by molar-refractivity contribution is -0.354. The van der Waals surface area contributed by atoms with Crippen molar-refractivity contribution in [2.45, 2.75) is 24.4 Å². The number of halogens is 8. The zero-order valence-corrected chi connectivity index (χ0v) is 8.71. The number of rotatable bonds is 3. The smallest absolute Gasteiger partial charge is 0.324 e. The van der Waals surface area contributed by atoms with E-state index >= 15 is 0 Å². The Balaban J connectivity index is 5.44. The summed E-state index contributed by atoms with van der Waals surface area (Å²) in [6.45, 7) is 0.0538. The SMILES string of the molecule is CP(=O)(O)OC(C(F)(F)F)C(F)(F)C(F)(F)F. The maximum Gasteiger partial charge on any atom is 0.456 e. The molecule has 0 aromatic heterocycles. The van der Waals surface area contributed by atoms with Crippen molar-refractivity contribution in [3.63, 3.8) is 0 Å². The molecule has 0 aromatic rings. The van der Waals surface area contributed by atoms with Gasteiger partial charge in [0.15, 0.2) is 0 Å². The van der Waals surface area contributed by atoms with Crippen LogP contribution in [-0.4, -0.2) is 35.9 Å². The van der Waals surface area contributed by atoms with E-state index < -0.39 is 32.0 Å². The maximum absolute atomic E-state index is 12.4. The molecule has 0 aliphatic carbocycles. The molecule has 0 saturated heterocycles. The van der Waals surface area contributed by atoms with Gasteiger partial charge in [-0.25, -0.2) is 0 Å². The first-order valence-electron chi connectivity index (χ1n) is 3.59. The van der Waals surface area contributed by atoms with Gasteiger partial charge in [0, 0.05) is 6.66 Å². The van der Waals surface area contributed by atoms with Gasteiger partial charge in [-0.1, -0.05) is 0 Å². The first kappa shape index (κ1) is 16.6. The predicted octanol–water partition coefficient (Wildman–Crippen LogP) is 2.95. The summed E-state index contributed by atoms with van der Waals surface area (Å²) < 4.78 is 109. The minimum absolute atomic E-state index is 0.0538. The monoisotopic (exact) mass is 296 g/mol. The average Bonchev–Trinajstić information content (AvgIpc) is 1.93. The van der Waals surface area contributed by atoms with E-state index in [1.54, 1.807) is 0 Å². The minimum Gasteiger partial charge on any atom is -0.324 e. The van der Waals surface area contributed by atoms with Crippen molar-refractivity contribution in [3.05, 3.63) is 0 Å². The molecule has 0 aliphatic heterocycles. The lowest BCUT2D eigenvalue weighted by atomic mass is 10.2. The normalized spacial score (nSPS) is 19.9. The molecule has 0 bridgehead atoms. The number of alkyl halides is 8. The van der Waals surface area contributed by atoms with Gasteiger partial charge in [0.1, 0.15) is 0 Å². The van der Waals surface area contributed by atoms with E-state index in [1.807, 2.05) is 0 Å². The van der Waals surface area contributed by atoms with Crippen molar-refractivity contribution >= 4 is 7.60 Å². The van der Waals surface area contributed by atoms with Crippen molar-refractivity contribution in [1.29, 1.82) is 0 Å². The molecule has 12 heteroatoms. The molecule has 0 amide bonds. The highest BCUT2D eigenvalue weighted by Crippen LogP contribution is 2.51. The second-order valence-corrected chi connectivity index (χ2v) is 4.77. The molecular weight excluding hydrogens is 291 g/mol. The van der Waals surface area contributed by atoms with Crippen LogP contribution >= 0.6 is 7.60 Å². The van der Waals surface area contributed by atoms with E-state index in [2.05, 4.69) is 4.52 Å². The van der Waals surface area contributed by atoms with Gasteiger partial charge >= 0.3 is 25.9 Å². The molecule has 0 saturated carbocycles. The van der Waals surface area contributed by atoms with Crippen LogP contribution in [0.4, 0.5) is 35.1 Å². The van der Waals surface area contributed by atoms with Crippen molar-refractivity contribution in [2.75, 3.05) is 6.66 Å². The van der Waals surface area contributed by atoms with Crippen LogP contribution in [-0.2, 0) is 9.09 Å². The Hall–Kier alpha value is -0.410. The van der Waals surface area contributed by atoms with E-state index in [4.69, 9.17) is 4.89 Å². The van der Waals surface area contributed by atoms with Crippen LogP contribution in [0.3, 0.4) is 0 Å². The zero-order chi connectivity index (χ0) is 14.3. The molecule has 17 heavy (non-hydrogen) atoms. The Morgan fingerprint density at radius 3 is 1.59 bits per heavy atom. The molecule has 1 N–H and O–H groups in total. The van der Waals surface area contributed by atoms with E-state index in [0.29, 0.717) is 0 Å². The molecule has 0 aromatic carbocycles. The summed E-state index contributed by atoms with van der Waals surface area (Å²) in [5.41, 5.74) is 0. The van der Waals surface area contributed by atoms with Crippen LogP contribution in [0.1, 0.15) is 0 Å². The summed E-state index contributed by atoms with van der Waals surface area (Å²) in [7, 11) is -5.18. The topological polar surface area (TPSA) is 46.5 Å². The molecule has 0 rings (SSSR count). The van der Waals surface area contributed by atoms with Gasteiger partial charge in [-0.3, -0.25) is 9.09 Å². The summed E-state index contributed by atoms with van der Waals surface area (Å²) in [6, 6.07) is 0. The largest absolute Gasteiger partial charge is 0.456 e. The van der Waals surface area contributed by atoms with Crippen LogP contribution in [0.15, 0.2) is 0 Å². The summed E-state index contributed by atoms with van der Waals surface area (Å²) >= 11 is 0. The standard InChI is InChI=1S/C5H5F8O3P/c1-17(14,15)16-2(4(8,9)10)3(6,7)5(11,12)13/h2H,1H3,(H,14,15). The molecule has 0 radical (unpaired) electrons. The van der Waals surface area contributed by atoms with Crippen LogP contribution < -0.4 is 0 Å². The number of hydrogen-bond donors (Lipinski definition) is 1. The maximum atomic E-state index is 12.4. The van der Waals surface area contributed by atoms with Gasteiger partial charge in [0.25, 0.3) is 0 Å². The zero-order valence-electron chi connectivity index (χ0n) is 7.81. The van der Waals surface area contributed by atoms with Gasteiger partial charge in [0.2, 0.25) is 6.10 Å². The summed E-state index contributed by atoms with van der Waals surface area (Å²) in [5.74, 6) is -6.33. The average molecular weight is 296 g/mol. The van der Waals surface area contributed by atoms with E-state index in [9.17, 15) is 39.7 Å². The van der Waals surface area contributed by atoms with Crippen LogP contribution in [0.5, 0.6) is 0 Å². The Kier molecular flexibility index (Phi) is 4.25. The van der Waals surface area contributed by atoms with Crippen LogP contribution in [0.25, 0.3) is 0 Å². The fourth-order valence-corrected chi connectivity index (χ4v) is 1.32. The molecule has 3 nitrogen and oxygen atoms in total.